The summed E-state index contributed by atoms with van der Waals surface area (Å²) in [6.07, 6.45) is 3.07. The van der Waals surface area contributed by atoms with Crippen LogP contribution in [0.4, 0.5) is 5.82 Å². The van der Waals surface area contributed by atoms with Crippen molar-refractivity contribution in [1.82, 2.24) is 30.4 Å². The number of rotatable bonds is 3. The second-order valence-corrected chi connectivity index (χ2v) is 8.78. The summed E-state index contributed by atoms with van der Waals surface area (Å²) in [4.78, 5) is 23.5. The fourth-order valence-electron chi connectivity index (χ4n) is 5.02. The number of anilines is 1. The molecule has 2 aliphatic heterocycles. The second-order valence-electron chi connectivity index (χ2n) is 8.78. The van der Waals surface area contributed by atoms with Crippen LogP contribution < -0.4 is 10.2 Å². The minimum atomic E-state index is 0.399. The highest BCUT2D eigenvalue weighted by atomic mass is 16.4. The van der Waals surface area contributed by atoms with E-state index in [1.165, 1.54) is 37.0 Å². The first-order chi connectivity index (χ1) is 18.6. The fourth-order valence-corrected chi connectivity index (χ4v) is 5.02. The van der Waals surface area contributed by atoms with E-state index < -0.39 is 0 Å². The van der Waals surface area contributed by atoms with Gasteiger partial charge in [-0.1, -0.05) is 38.1 Å². The van der Waals surface area contributed by atoms with Crippen LogP contribution in [-0.4, -0.2) is 57.5 Å². The summed E-state index contributed by atoms with van der Waals surface area (Å²) in [5.41, 5.74) is 5.29. The molecule has 6 rings (SSSR count). The minimum Gasteiger partial charge on any atom is -0.418 e. The number of aryl methyl sites for hydroxylation is 2. The number of fused-ring (bicyclic) bond motifs is 2. The number of carbonyl (C=O) groups excluding carboxylic acids is 1. The Labute approximate surface area is 225 Å². The highest BCUT2D eigenvalue weighted by molar-refractivity contribution is 5.56. The molecule has 1 unspecified atom stereocenters. The molecule has 38 heavy (non-hydrogen) atoms. The van der Waals surface area contributed by atoms with Gasteiger partial charge in [0, 0.05) is 64.7 Å². The van der Waals surface area contributed by atoms with Crippen LogP contribution in [0.1, 0.15) is 68.4 Å². The van der Waals surface area contributed by atoms with Gasteiger partial charge in [0.2, 0.25) is 11.7 Å². The number of hydrogen-bond acceptors (Lipinski definition) is 10. The molecular weight excluding hydrogens is 480 g/mol. The van der Waals surface area contributed by atoms with Crippen LogP contribution in [0.5, 0.6) is 0 Å². The van der Waals surface area contributed by atoms with Gasteiger partial charge in [-0.15, -0.1) is 10.2 Å². The number of nitrogens with one attached hydrogen (secondary N) is 1. The average molecular weight is 519 g/mol. The van der Waals surface area contributed by atoms with Gasteiger partial charge in [-0.3, -0.25) is 4.90 Å². The Morgan fingerprint density at radius 1 is 1.13 bits per heavy atom. The van der Waals surface area contributed by atoms with E-state index in [-0.39, 0.29) is 0 Å². The summed E-state index contributed by atoms with van der Waals surface area (Å²) in [7, 11) is 0. The van der Waals surface area contributed by atoms with E-state index in [1.54, 1.807) is 13.0 Å². The maximum atomic E-state index is 8.81. The van der Waals surface area contributed by atoms with Crippen molar-refractivity contribution in [1.29, 1.82) is 5.26 Å². The number of nitrogens with zero attached hydrogens (tertiary/aromatic N) is 7. The van der Waals surface area contributed by atoms with Gasteiger partial charge >= 0.3 is 0 Å². The zero-order valence-corrected chi connectivity index (χ0v) is 23.1. The molecule has 0 spiro atoms. The van der Waals surface area contributed by atoms with Gasteiger partial charge < -0.3 is 19.4 Å². The molecule has 1 aliphatic carbocycles. The molecule has 1 N–H and O–H groups in total. The largest absolute Gasteiger partial charge is 0.418 e. The van der Waals surface area contributed by atoms with Crippen molar-refractivity contribution < 1.29 is 9.21 Å². The molecule has 0 amide bonds. The van der Waals surface area contributed by atoms with Crippen LogP contribution in [0.15, 0.2) is 28.7 Å². The zero-order chi connectivity index (χ0) is 27.5. The molecule has 10 heteroatoms. The summed E-state index contributed by atoms with van der Waals surface area (Å²) in [6, 6.07) is 11.0. The van der Waals surface area contributed by atoms with Gasteiger partial charge in [0.05, 0.1) is 11.8 Å². The molecule has 3 aliphatic rings. The number of aldehydes is 1. The lowest BCUT2D eigenvalue weighted by Crippen LogP contribution is -2.44. The van der Waals surface area contributed by atoms with Crippen molar-refractivity contribution >= 4 is 12.1 Å². The van der Waals surface area contributed by atoms with E-state index in [2.05, 4.69) is 49.6 Å². The first-order valence-corrected chi connectivity index (χ1v) is 13.3. The first-order valence-electron chi connectivity index (χ1n) is 13.3. The quantitative estimate of drug-likeness (QED) is 0.509. The number of hydrogen-bond donors (Lipinski definition) is 1. The molecule has 1 atom stereocenters. The Kier molecular flexibility index (Phi) is 10.9. The molecule has 0 bridgehead atoms. The normalized spacial score (nSPS) is 17.4. The summed E-state index contributed by atoms with van der Waals surface area (Å²) in [5, 5.41) is 18.9. The molecule has 0 radical (unpaired) electrons. The third-order valence-electron chi connectivity index (χ3n) is 6.46. The first kappa shape index (κ1) is 28.9. The van der Waals surface area contributed by atoms with Crippen LogP contribution in [-0.2, 0) is 24.3 Å². The van der Waals surface area contributed by atoms with E-state index in [9.17, 15) is 0 Å². The lowest BCUT2D eigenvalue weighted by molar-refractivity contribution is -0.106. The average Bonchev–Trinajstić information content (AvgIpc) is 3.68. The lowest BCUT2D eigenvalue weighted by Gasteiger charge is -2.30. The zero-order valence-electron chi connectivity index (χ0n) is 23.1. The number of nitriles is 1. The number of benzene rings is 1. The van der Waals surface area contributed by atoms with Crippen molar-refractivity contribution in [2.45, 2.75) is 66.6 Å². The molecule has 10 nitrogen and oxygen atoms in total. The second kappa shape index (κ2) is 14.3. The van der Waals surface area contributed by atoms with Crippen LogP contribution in [0.25, 0.3) is 11.7 Å². The molecule has 1 saturated heterocycles. The Morgan fingerprint density at radius 2 is 1.82 bits per heavy atom. The SMILES string of the molecule is CC.CC#N.CC=O.Cc1nnc(-c2nc3c(c(N4CCNCC4)n2)CN(C2CCc4ccccc42)C3)o1. The molecule has 1 aromatic carbocycles. The summed E-state index contributed by atoms with van der Waals surface area (Å²) in [5.74, 6) is 2.50. The highest BCUT2D eigenvalue weighted by Gasteiger charge is 2.35. The molecule has 0 saturated carbocycles. The standard InChI is InChI=1S/C22H25N7O.C2H3N.C2H4O.C2H6/c1-14-26-27-22(30-14)20-24-18-13-29(19-7-6-15-4-2-3-5-16(15)19)12-17(18)21(25-20)28-10-8-23-9-11-28;2*1-2-3;1-2/h2-5,19,23H,6-13H2,1H3;1H3;2H,1H3;1-2H3. The Hall–Kier alpha value is -3.68. The number of carbonyl (C=O) groups is 1. The summed E-state index contributed by atoms with van der Waals surface area (Å²) in [6.45, 7) is 14.2. The van der Waals surface area contributed by atoms with E-state index in [1.807, 2.05) is 13.8 Å². The van der Waals surface area contributed by atoms with Crippen molar-refractivity contribution in [3.05, 3.63) is 52.5 Å². The maximum Gasteiger partial charge on any atom is 0.285 e. The van der Waals surface area contributed by atoms with Crippen molar-refractivity contribution in [3.8, 4) is 17.8 Å². The lowest BCUT2D eigenvalue weighted by atomic mass is 10.1. The van der Waals surface area contributed by atoms with Crippen LogP contribution in [0, 0.1) is 18.3 Å². The Bertz CT molecular complexity index is 1230. The highest BCUT2D eigenvalue weighted by Crippen LogP contribution is 2.41. The molecule has 3 aromatic rings. The minimum absolute atomic E-state index is 0.399. The van der Waals surface area contributed by atoms with Crippen LogP contribution >= 0.6 is 0 Å². The van der Waals surface area contributed by atoms with Gasteiger partial charge in [0.25, 0.3) is 5.89 Å². The number of piperazine rings is 1. The molecule has 202 valence electrons. The van der Waals surface area contributed by atoms with Crippen molar-refractivity contribution in [3.63, 3.8) is 0 Å². The number of aromatic nitrogens is 4. The molecule has 1 fully saturated rings. The van der Waals surface area contributed by atoms with Crippen molar-refractivity contribution in [2.24, 2.45) is 0 Å². The van der Waals surface area contributed by atoms with Crippen molar-refractivity contribution in [2.75, 3.05) is 31.1 Å². The summed E-state index contributed by atoms with van der Waals surface area (Å²) >= 11 is 0. The molecule has 2 aromatic heterocycles. The van der Waals surface area contributed by atoms with Gasteiger partial charge in [-0.2, -0.15) is 5.26 Å². The molecule has 4 heterocycles. The van der Waals surface area contributed by atoms with Gasteiger partial charge in [0.1, 0.15) is 12.1 Å². The topological polar surface area (TPSA) is 124 Å². The van der Waals surface area contributed by atoms with E-state index in [0.29, 0.717) is 23.6 Å². The van der Waals surface area contributed by atoms with Gasteiger partial charge in [0.15, 0.2) is 0 Å². The fraction of sp³-hybridized carbons (Fsp3) is 0.500. The third-order valence-corrected chi connectivity index (χ3v) is 6.46. The van der Waals surface area contributed by atoms with E-state index >= 15 is 0 Å². The summed E-state index contributed by atoms with van der Waals surface area (Å²) < 4.78 is 5.65. The maximum absolute atomic E-state index is 8.81. The van der Waals surface area contributed by atoms with Gasteiger partial charge in [-0.05, 0) is 30.9 Å². The predicted molar refractivity (Wildman–Crippen MR) is 146 cm³/mol. The van der Waals surface area contributed by atoms with E-state index in [0.717, 1.165) is 63.5 Å². The smallest absolute Gasteiger partial charge is 0.285 e. The van der Waals surface area contributed by atoms with Gasteiger partial charge in [-0.25, -0.2) is 9.97 Å². The van der Waals surface area contributed by atoms with Crippen LogP contribution in [0.3, 0.4) is 0 Å². The Balaban J connectivity index is 0.000000452. The third kappa shape index (κ3) is 6.60. The van der Waals surface area contributed by atoms with Crippen LogP contribution in [0.2, 0.25) is 0 Å². The van der Waals surface area contributed by atoms with E-state index in [4.69, 9.17) is 24.4 Å². The Morgan fingerprint density at radius 3 is 2.47 bits per heavy atom. The monoisotopic (exact) mass is 518 g/mol. The predicted octanol–water partition coefficient (Wildman–Crippen LogP) is 4.01. The molecular formula is C28H38N8O2.